The summed E-state index contributed by atoms with van der Waals surface area (Å²) in [6, 6.07) is 0. The van der Waals surface area contributed by atoms with Gasteiger partial charge in [0.05, 0.1) is 6.61 Å². The molecular formula is C15H11CuN7O2S4. The molecular weight excluding hydrogens is 502 g/mol. The summed E-state index contributed by atoms with van der Waals surface area (Å²) < 4.78 is 0. The molecule has 0 fully saturated rings. The Balaban J connectivity index is 0.00000240. The van der Waals surface area contributed by atoms with Crippen LogP contribution in [0.5, 0.6) is 0 Å². The molecule has 0 atom stereocenters. The van der Waals surface area contributed by atoms with Gasteiger partial charge in [-0.2, -0.15) is 22.7 Å². The Morgan fingerprint density at radius 1 is 1.07 bits per heavy atom. The van der Waals surface area contributed by atoms with E-state index in [-0.39, 0.29) is 30.3 Å². The van der Waals surface area contributed by atoms with E-state index < -0.39 is 0 Å². The summed E-state index contributed by atoms with van der Waals surface area (Å²) in [5, 5.41) is 21.6. The topological polar surface area (TPSA) is 121 Å². The number of rotatable bonds is 7. The molecule has 0 aromatic carbocycles. The Kier molecular flexibility index (Phi) is 8.06. The molecule has 0 spiro atoms. The van der Waals surface area contributed by atoms with Gasteiger partial charge in [0.25, 0.3) is 0 Å². The van der Waals surface area contributed by atoms with E-state index in [1.807, 2.05) is 21.5 Å². The first-order valence-electron chi connectivity index (χ1n) is 7.77. The normalized spacial score (nSPS) is 12.9. The molecule has 153 valence electrons. The molecule has 0 saturated carbocycles. The summed E-state index contributed by atoms with van der Waals surface area (Å²) in [7, 11) is 0. The van der Waals surface area contributed by atoms with Crippen LogP contribution in [0, 0.1) is 0 Å². The molecule has 0 aliphatic carbocycles. The second-order valence-corrected chi connectivity index (χ2v) is 8.30. The third-order valence-corrected chi connectivity index (χ3v) is 5.83. The van der Waals surface area contributed by atoms with E-state index >= 15 is 0 Å². The average molecular weight is 513 g/mol. The fourth-order valence-electron chi connectivity index (χ4n) is 1.93. The minimum absolute atomic E-state index is 0. The van der Waals surface area contributed by atoms with Crippen LogP contribution < -0.4 is 19.6 Å². The molecule has 0 aliphatic heterocycles. The van der Waals surface area contributed by atoms with Gasteiger partial charge in [0.2, 0.25) is 0 Å². The Labute approximate surface area is 190 Å². The van der Waals surface area contributed by atoms with Gasteiger partial charge in [0.15, 0.2) is 0 Å². The number of oxime groups is 1. The number of aliphatic hydroxyl groups excluding tert-OH is 1. The summed E-state index contributed by atoms with van der Waals surface area (Å²) in [4.78, 5) is 32.4. The van der Waals surface area contributed by atoms with Gasteiger partial charge in [-0.05, 0) is 15.6 Å². The predicted octanol–water partition coefficient (Wildman–Crippen LogP) is 1.86. The van der Waals surface area contributed by atoms with Crippen LogP contribution in [0.25, 0.3) is 0 Å². The van der Waals surface area contributed by atoms with Gasteiger partial charge in [-0.25, -0.2) is 9.97 Å². The Morgan fingerprint density at radius 2 is 1.97 bits per heavy atom. The maximum atomic E-state index is 8.95. The molecule has 9 nitrogen and oxygen atoms in total. The third-order valence-electron chi connectivity index (χ3n) is 3.03. The van der Waals surface area contributed by atoms with Gasteiger partial charge in [-0.3, -0.25) is 0 Å². The first-order valence-corrected chi connectivity index (χ1v) is 11.3. The van der Waals surface area contributed by atoms with Gasteiger partial charge in [-0.1, -0.05) is 11.4 Å². The van der Waals surface area contributed by atoms with Crippen molar-refractivity contribution in [2.45, 2.75) is 0 Å². The quantitative estimate of drug-likeness (QED) is 0.174. The van der Waals surface area contributed by atoms with Crippen LogP contribution in [0.2, 0.25) is 0 Å². The van der Waals surface area contributed by atoms with Crippen LogP contribution in [0.4, 0.5) is 10.3 Å². The van der Waals surface area contributed by atoms with Crippen LogP contribution in [-0.4, -0.2) is 34.0 Å². The SMILES string of the molecule is OCCO/N=C(\c1csc(/N=c2\[n-]ccs2)n1)c1cs/c(=N/c2nccs2)[n-]1.[Cu+2]. The Hall–Kier alpha value is -1.93. The van der Waals surface area contributed by atoms with Gasteiger partial charge in [-0.15, -0.1) is 22.7 Å². The molecule has 0 bridgehead atoms. The molecule has 1 N–H and O–H groups in total. The number of aromatic nitrogens is 4. The van der Waals surface area contributed by atoms with Crippen LogP contribution >= 0.6 is 45.3 Å². The Morgan fingerprint density at radius 3 is 2.72 bits per heavy atom. The number of nitrogens with zero attached hydrogens (tertiary/aromatic N) is 7. The summed E-state index contributed by atoms with van der Waals surface area (Å²) in [6.07, 6.45) is 3.38. The fourth-order valence-corrected chi connectivity index (χ4v) is 4.40. The molecule has 4 aromatic heterocycles. The zero-order chi connectivity index (χ0) is 19.2. The van der Waals surface area contributed by atoms with E-state index in [9.17, 15) is 0 Å². The molecule has 1 radical (unpaired) electrons. The maximum absolute atomic E-state index is 8.95. The molecule has 4 heterocycles. The van der Waals surface area contributed by atoms with E-state index in [0.717, 1.165) is 0 Å². The van der Waals surface area contributed by atoms with Crippen molar-refractivity contribution < 1.29 is 27.0 Å². The van der Waals surface area contributed by atoms with Crippen molar-refractivity contribution in [3.05, 3.63) is 54.9 Å². The van der Waals surface area contributed by atoms with Crippen molar-refractivity contribution >= 4 is 61.3 Å². The van der Waals surface area contributed by atoms with Crippen molar-refractivity contribution in [3.8, 4) is 0 Å². The largest absolute Gasteiger partial charge is 2.00 e. The van der Waals surface area contributed by atoms with Gasteiger partial charge >= 0.3 is 17.1 Å². The average Bonchev–Trinajstić information content (AvgIpc) is 3.49. The van der Waals surface area contributed by atoms with E-state index in [0.29, 0.717) is 37.0 Å². The molecule has 29 heavy (non-hydrogen) atoms. The third kappa shape index (κ3) is 5.79. The molecule has 0 unspecified atom stereocenters. The standard InChI is InChI=1S/C15H11N7O2S4.Cu/c23-3-4-24-22-11(9-7-27-14(18-9)20-12-16-1-5-25-12)10-8-28-15(19-10)21-13-17-2-6-26-13;/h1-2,5-8,23H,3-4H2;/q-2;+2. The van der Waals surface area contributed by atoms with Crippen molar-refractivity contribution in [3.63, 3.8) is 0 Å². The van der Waals surface area contributed by atoms with Crippen molar-refractivity contribution in [1.82, 2.24) is 19.9 Å². The van der Waals surface area contributed by atoms with Crippen molar-refractivity contribution in [2.24, 2.45) is 15.1 Å². The number of hydrogen-bond donors (Lipinski definition) is 1. The van der Waals surface area contributed by atoms with Gasteiger partial charge < -0.3 is 29.9 Å². The minimum atomic E-state index is -0.139. The van der Waals surface area contributed by atoms with Crippen LogP contribution in [-0.2, 0) is 21.9 Å². The summed E-state index contributed by atoms with van der Waals surface area (Å²) >= 11 is 5.60. The number of aliphatic hydroxyl groups is 1. The zero-order valence-electron chi connectivity index (χ0n) is 14.3. The smallest absolute Gasteiger partial charge is 0.433 e. The molecule has 0 amide bonds. The van der Waals surface area contributed by atoms with Crippen LogP contribution in [0.1, 0.15) is 11.4 Å². The second kappa shape index (κ2) is 10.7. The van der Waals surface area contributed by atoms with Crippen molar-refractivity contribution in [2.75, 3.05) is 13.2 Å². The van der Waals surface area contributed by atoms with E-state index in [1.165, 1.54) is 45.3 Å². The maximum Gasteiger partial charge on any atom is 2.00 e. The fraction of sp³-hybridized carbons (Fsp3) is 0.133. The Bertz CT molecular complexity index is 1170. The van der Waals surface area contributed by atoms with Gasteiger partial charge in [0, 0.05) is 27.5 Å². The zero-order valence-corrected chi connectivity index (χ0v) is 18.5. The summed E-state index contributed by atoms with van der Waals surface area (Å²) in [5.41, 5.74) is 1.59. The second-order valence-electron chi connectivity index (χ2n) is 4.88. The van der Waals surface area contributed by atoms with Crippen molar-refractivity contribution in [1.29, 1.82) is 0 Å². The number of hydrogen-bond acceptors (Lipinski definition) is 11. The molecule has 4 rings (SSSR count). The first kappa shape index (κ1) is 21.8. The van der Waals surface area contributed by atoms with E-state index in [2.05, 4.69) is 35.1 Å². The first-order chi connectivity index (χ1) is 13.8. The molecule has 14 heteroatoms. The minimum Gasteiger partial charge on any atom is -0.433 e. The van der Waals surface area contributed by atoms with E-state index in [1.54, 1.807) is 12.4 Å². The molecule has 4 aromatic rings. The van der Waals surface area contributed by atoms with Crippen LogP contribution in [0.15, 0.2) is 49.1 Å². The van der Waals surface area contributed by atoms with Crippen LogP contribution in [0.3, 0.4) is 0 Å². The molecule has 0 aliphatic rings. The summed E-state index contributed by atoms with van der Waals surface area (Å²) in [6.45, 7) is -0.0648. The van der Waals surface area contributed by atoms with E-state index in [4.69, 9.17) is 9.94 Å². The monoisotopic (exact) mass is 512 g/mol. The predicted molar refractivity (Wildman–Crippen MR) is 109 cm³/mol. The molecule has 0 saturated heterocycles. The summed E-state index contributed by atoms with van der Waals surface area (Å²) in [5.74, 6) is 0. The van der Waals surface area contributed by atoms with Gasteiger partial charge in [0.1, 0.15) is 28.3 Å². The number of thiazole rings is 4.